The van der Waals surface area contributed by atoms with E-state index in [1.807, 2.05) is 19.9 Å². The lowest BCUT2D eigenvalue weighted by molar-refractivity contribution is 0.0930. The molecule has 0 aliphatic rings. The first kappa shape index (κ1) is 18.5. The second-order valence-electron chi connectivity index (χ2n) is 6.37. The molecule has 8 heteroatoms. The van der Waals surface area contributed by atoms with Crippen LogP contribution in [0.3, 0.4) is 0 Å². The van der Waals surface area contributed by atoms with Crippen molar-refractivity contribution >= 4 is 11.7 Å². The Labute approximate surface area is 156 Å². The highest BCUT2D eigenvalue weighted by Gasteiger charge is 2.20. The highest BCUT2D eigenvalue weighted by atomic mass is 16.4. The number of ketones is 1. The Morgan fingerprint density at radius 3 is 2.59 bits per heavy atom. The van der Waals surface area contributed by atoms with Gasteiger partial charge in [0.1, 0.15) is 11.5 Å². The van der Waals surface area contributed by atoms with Crippen LogP contribution >= 0.6 is 0 Å². The maximum absolute atomic E-state index is 12.5. The van der Waals surface area contributed by atoms with Crippen LogP contribution in [-0.2, 0) is 6.42 Å². The molecule has 0 bridgehead atoms. The van der Waals surface area contributed by atoms with Gasteiger partial charge in [0.25, 0.3) is 5.91 Å². The molecule has 0 spiro atoms. The standard InChI is InChI=1S/C19H21N5O3/c1-12(2)18(25)17-13(3)27-16(23-17)8-9-20-19(26)14-6-4-5-7-15(14)24-21-10-11-22-24/h4-7,10-12H,8-9H2,1-3H3,(H,20,26). The van der Waals surface area contributed by atoms with E-state index in [9.17, 15) is 9.59 Å². The van der Waals surface area contributed by atoms with Gasteiger partial charge >= 0.3 is 0 Å². The Kier molecular flexibility index (Phi) is 5.44. The topological polar surface area (TPSA) is 103 Å². The lowest BCUT2D eigenvalue weighted by Crippen LogP contribution is -2.27. The molecule has 0 fully saturated rings. The van der Waals surface area contributed by atoms with Crippen LogP contribution in [0.2, 0.25) is 0 Å². The largest absolute Gasteiger partial charge is 0.445 e. The second-order valence-corrected chi connectivity index (χ2v) is 6.37. The van der Waals surface area contributed by atoms with Crippen LogP contribution in [0.15, 0.2) is 41.1 Å². The molecule has 0 saturated carbocycles. The molecule has 3 rings (SSSR count). The highest BCUT2D eigenvalue weighted by Crippen LogP contribution is 2.15. The molecule has 0 aliphatic carbocycles. The van der Waals surface area contributed by atoms with Gasteiger partial charge in [0.05, 0.1) is 23.6 Å². The minimum Gasteiger partial charge on any atom is -0.445 e. The van der Waals surface area contributed by atoms with E-state index in [0.717, 1.165) is 0 Å². The first-order valence-corrected chi connectivity index (χ1v) is 8.71. The zero-order valence-electron chi connectivity index (χ0n) is 15.5. The Morgan fingerprint density at radius 2 is 1.89 bits per heavy atom. The predicted molar refractivity (Wildman–Crippen MR) is 97.8 cm³/mol. The summed E-state index contributed by atoms with van der Waals surface area (Å²) in [5, 5.41) is 11.0. The maximum Gasteiger partial charge on any atom is 0.253 e. The number of hydrogen-bond donors (Lipinski definition) is 1. The van der Waals surface area contributed by atoms with Gasteiger partial charge < -0.3 is 9.73 Å². The molecule has 140 valence electrons. The number of carbonyl (C=O) groups is 2. The number of aryl methyl sites for hydroxylation is 1. The summed E-state index contributed by atoms with van der Waals surface area (Å²) in [5.74, 6) is 0.495. The van der Waals surface area contributed by atoms with Crippen LogP contribution in [-0.4, -0.2) is 38.2 Å². The maximum atomic E-state index is 12.5. The van der Waals surface area contributed by atoms with Crippen LogP contribution < -0.4 is 5.32 Å². The van der Waals surface area contributed by atoms with Gasteiger partial charge in [0.15, 0.2) is 11.7 Å². The Hall–Kier alpha value is -3.29. The molecule has 2 heterocycles. The van der Waals surface area contributed by atoms with Crippen molar-refractivity contribution in [1.29, 1.82) is 0 Å². The van der Waals surface area contributed by atoms with Gasteiger partial charge in [-0.2, -0.15) is 15.0 Å². The van der Waals surface area contributed by atoms with Crippen molar-refractivity contribution in [3.63, 3.8) is 0 Å². The lowest BCUT2D eigenvalue weighted by Gasteiger charge is -2.08. The third-order valence-electron chi connectivity index (χ3n) is 4.01. The molecule has 0 atom stereocenters. The molecular weight excluding hydrogens is 346 g/mol. The van der Waals surface area contributed by atoms with Gasteiger partial charge in [-0.25, -0.2) is 4.98 Å². The molecule has 1 amide bonds. The SMILES string of the molecule is Cc1oc(CCNC(=O)c2ccccc2-n2nccn2)nc1C(=O)C(C)C. The van der Waals surface area contributed by atoms with Crippen LogP contribution in [0.5, 0.6) is 0 Å². The van der Waals surface area contributed by atoms with Crippen LogP contribution in [0.4, 0.5) is 0 Å². The van der Waals surface area contributed by atoms with E-state index in [1.54, 1.807) is 37.5 Å². The van der Waals surface area contributed by atoms with Crippen molar-refractivity contribution in [1.82, 2.24) is 25.3 Å². The number of oxazole rings is 1. The summed E-state index contributed by atoms with van der Waals surface area (Å²) in [6, 6.07) is 7.08. The Balaban J connectivity index is 1.65. The van der Waals surface area contributed by atoms with Crippen LogP contribution in [0.1, 0.15) is 46.3 Å². The third-order valence-corrected chi connectivity index (χ3v) is 4.01. The summed E-state index contributed by atoms with van der Waals surface area (Å²) in [7, 11) is 0. The Morgan fingerprint density at radius 1 is 1.19 bits per heavy atom. The quantitative estimate of drug-likeness (QED) is 0.643. The van der Waals surface area contributed by atoms with Gasteiger partial charge in [-0.3, -0.25) is 9.59 Å². The van der Waals surface area contributed by atoms with Crippen molar-refractivity contribution in [3.8, 4) is 5.69 Å². The number of Topliss-reactive ketones (excluding diaryl/α,β-unsaturated/α-hetero) is 1. The van der Waals surface area contributed by atoms with E-state index in [2.05, 4.69) is 20.5 Å². The fourth-order valence-electron chi connectivity index (χ4n) is 2.62. The number of hydrogen-bond acceptors (Lipinski definition) is 6. The number of aromatic nitrogens is 4. The summed E-state index contributed by atoms with van der Waals surface area (Å²) >= 11 is 0. The zero-order chi connectivity index (χ0) is 19.4. The third kappa shape index (κ3) is 4.11. The number of nitrogens with one attached hydrogen (secondary N) is 1. The summed E-state index contributed by atoms with van der Waals surface area (Å²) in [5.41, 5.74) is 1.42. The molecule has 1 N–H and O–H groups in total. The molecule has 0 radical (unpaired) electrons. The number of carbonyl (C=O) groups excluding carboxylic acids is 2. The number of rotatable bonds is 7. The average Bonchev–Trinajstić information content (AvgIpc) is 3.31. The van der Waals surface area contributed by atoms with Gasteiger partial charge in [-0.15, -0.1) is 0 Å². The molecular formula is C19H21N5O3. The predicted octanol–water partition coefficient (Wildman–Crippen LogP) is 2.37. The fraction of sp³-hybridized carbons (Fsp3) is 0.316. The number of para-hydroxylation sites is 1. The summed E-state index contributed by atoms with van der Waals surface area (Å²) in [6.07, 6.45) is 3.49. The van der Waals surface area contributed by atoms with Crippen molar-refractivity contribution in [3.05, 3.63) is 59.6 Å². The van der Waals surface area contributed by atoms with E-state index in [-0.39, 0.29) is 17.6 Å². The summed E-state index contributed by atoms with van der Waals surface area (Å²) in [6.45, 7) is 5.69. The van der Waals surface area contributed by atoms with Gasteiger partial charge in [-0.1, -0.05) is 26.0 Å². The average molecular weight is 367 g/mol. The van der Waals surface area contributed by atoms with Gasteiger partial charge in [-0.05, 0) is 19.1 Å². The normalized spacial score (nSPS) is 11.0. The molecule has 8 nitrogen and oxygen atoms in total. The van der Waals surface area contributed by atoms with Crippen molar-refractivity contribution in [2.75, 3.05) is 6.54 Å². The van der Waals surface area contributed by atoms with Crippen molar-refractivity contribution in [2.45, 2.75) is 27.2 Å². The van der Waals surface area contributed by atoms with E-state index in [0.29, 0.717) is 41.6 Å². The number of nitrogens with zero attached hydrogens (tertiary/aromatic N) is 4. The molecule has 0 aliphatic heterocycles. The van der Waals surface area contributed by atoms with Crippen LogP contribution in [0, 0.1) is 12.8 Å². The number of amides is 1. The smallest absolute Gasteiger partial charge is 0.253 e. The van der Waals surface area contributed by atoms with E-state index in [1.165, 1.54) is 4.80 Å². The first-order chi connectivity index (χ1) is 13.0. The second kappa shape index (κ2) is 7.94. The summed E-state index contributed by atoms with van der Waals surface area (Å²) in [4.78, 5) is 30.3. The summed E-state index contributed by atoms with van der Waals surface area (Å²) < 4.78 is 5.55. The Bertz CT molecular complexity index is 944. The lowest BCUT2D eigenvalue weighted by atomic mass is 10.1. The van der Waals surface area contributed by atoms with Gasteiger partial charge in [0.2, 0.25) is 0 Å². The molecule has 27 heavy (non-hydrogen) atoms. The minimum atomic E-state index is -0.246. The van der Waals surface area contributed by atoms with E-state index >= 15 is 0 Å². The molecule has 2 aromatic heterocycles. The van der Waals surface area contributed by atoms with Crippen molar-refractivity contribution in [2.24, 2.45) is 5.92 Å². The molecule has 1 aromatic carbocycles. The van der Waals surface area contributed by atoms with E-state index in [4.69, 9.17) is 4.42 Å². The van der Waals surface area contributed by atoms with E-state index < -0.39 is 0 Å². The highest BCUT2D eigenvalue weighted by molar-refractivity contribution is 5.97. The molecule has 0 saturated heterocycles. The zero-order valence-corrected chi connectivity index (χ0v) is 15.5. The number of benzene rings is 1. The first-order valence-electron chi connectivity index (χ1n) is 8.71. The molecule has 3 aromatic rings. The molecule has 0 unspecified atom stereocenters. The fourth-order valence-corrected chi connectivity index (χ4v) is 2.62. The monoisotopic (exact) mass is 367 g/mol. The van der Waals surface area contributed by atoms with Crippen LogP contribution in [0.25, 0.3) is 5.69 Å². The minimum absolute atomic E-state index is 0.0489. The van der Waals surface area contributed by atoms with Crippen molar-refractivity contribution < 1.29 is 14.0 Å². The van der Waals surface area contributed by atoms with Gasteiger partial charge in [0, 0.05) is 18.9 Å².